The molecule has 1 aromatic rings. The van der Waals surface area contributed by atoms with E-state index in [0.29, 0.717) is 5.92 Å². The van der Waals surface area contributed by atoms with Crippen molar-refractivity contribution in [2.75, 3.05) is 0 Å². The molecular formula is C17H28N2O. The van der Waals surface area contributed by atoms with E-state index in [4.69, 9.17) is 0 Å². The molecule has 3 unspecified atom stereocenters. The van der Waals surface area contributed by atoms with Crippen LogP contribution < -0.4 is 0 Å². The van der Waals surface area contributed by atoms with E-state index in [2.05, 4.69) is 38.9 Å². The highest BCUT2D eigenvalue weighted by atomic mass is 16.3. The maximum absolute atomic E-state index is 11.6. The van der Waals surface area contributed by atoms with Crippen LogP contribution in [0.4, 0.5) is 0 Å². The van der Waals surface area contributed by atoms with Crippen molar-refractivity contribution in [2.45, 2.75) is 65.4 Å². The number of rotatable bonds is 3. The molecule has 2 saturated carbocycles. The Kier molecular flexibility index (Phi) is 2.89. The Morgan fingerprint density at radius 2 is 2.10 bits per heavy atom. The lowest BCUT2D eigenvalue weighted by Crippen LogP contribution is -2.55. The largest absolute Gasteiger partial charge is 0.388 e. The zero-order chi connectivity index (χ0) is 14.8. The van der Waals surface area contributed by atoms with Crippen LogP contribution >= 0.6 is 0 Å². The Balaban J connectivity index is 1.97. The lowest BCUT2D eigenvalue weighted by Gasteiger charge is -2.50. The number of hydrogen-bond acceptors (Lipinski definition) is 2. The third-order valence-corrected chi connectivity index (χ3v) is 6.65. The molecule has 0 spiro atoms. The topological polar surface area (TPSA) is 38.0 Å². The van der Waals surface area contributed by atoms with Crippen molar-refractivity contribution in [3.05, 3.63) is 17.5 Å². The maximum atomic E-state index is 11.6. The third-order valence-electron chi connectivity index (χ3n) is 6.65. The van der Waals surface area contributed by atoms with Crippen LogP contribution in [0.2, 0.25) is 0 Å². The minimum Gasteiger partial charge on any atom is -0.388 e. The van der Waals surface area contributed by atoms with Gasteiger partial charge in [-0.2, -0.15) is 5.10 Å². The number of aromatic nitrogens is 2. The quantitative estimate of drug-likeness (QED) is 0.921. The molecule has 3 nitrogen and oxygen atoms in total. The van der Waals surface area contributed by atoms with E-state index in [1.807, 2.05) is 11.7 Å². The van der Waals surface area contributed by atoms with Crippen LogP contribution in [0.3, 0.4) is 0 Å². The van der Waals surface area contributed by atoms with Crippen LogP contribution in [0, 0.1) is 16.7 Å². The summed E-state index contributed by atoms with van der Waals surface area (Å²) < 4.78 is 1.96. The lowest BCUT2D eigenvalue weighted by molar-refractivity contribution is -0.142. The molecule has 0 saturated heterocycles. The molecule has 2 bridgehead atoms. The van der Waals surface area contributed by atoms with Crippen LogP contribution in [0.5, 0.6) is 0 Å². The van der Waals surface area contributed by atoms with Crippen LogP contribution in [0.1, 0.15) is 58.3 Å². The fourth-order valence-electron chi connectivity index (χ4n) is 4.96. The van der Waals surface area contributed by atoms with Crippen LogP contribution in [0.15, 0.2) is 6.07 Å². The summed E-state index contributed by atoms with van der Waals surface area (Å²) >= 11 is 0. The van der Waals surface area contributed by atoms with Crippen LogP contribution in [-0.2, 0) is 19.9 Å². The van der Waals surface area contributed by atoms with Gasteiger partial charge in [0.05, 0.1) is 11.3 Å². The molecule has 3 atom stereocenters. The minimum atomic E-state index is -0.609. The Hall–Kier alpha value is -0.830. The van der Waals surface area contributed by atoms with Gasteiger partial charge in [-0.15, -0.1) is 0 Å². The molecule has 2 aliphatic rings. The van der Waals surface area contributed by atoms with Crippen molar-refractivity contribution in [3.8, 4) is 0 Å². The summed E-state index contributed by atoms with van der Waals surface area (Å²) in [5.41, 5.74) is 1.75. The van der Waals surface area contributed by atoms with Crippen molar-refractivity contribution in [3.63, 3.8) is 0 Å². The Morgan fingerprint density at radius 1 is 1.40 bits per heavy atom. The normalized spacial score (nSPS) is 38.6. The highest BCUT2D eigenvalue weighted by molar-refractivity contribution is 5.23. The molecule has 0 aliphatic heterocycles. The second kappa shape index (κ2) is 4.09. The van der Waals surface area contributed by atoms with E-state index >= 15 is 0 Å². The summed E-state index contributed by atoms with van der Waals surface area (Å²) in [4.78, 5) is 0. The highest BCUT2D eigenvalue weighted by Gasteiger charge is 2.68. The van der Waals surface area contributed by atoms with E-state index in [-0.39, 0.29) is 10.8 Å². The predicted molar refractivity (Wildman–Crippen MR) is 80.5 cm³/mol. The SMILES string of the molecule is CCc1cc(CC2(O)C3(C)CCC(C3)C2(C)C)n(C)n1. The molecule has 112 valence electrons. The molecular weight excluding hydrogens is 248 g/mol. The van der Waals surface area contributed by atoms with E-state index in [0.717, 1.165) is 25.0 Å². The van der Waals surface area contributed by atoms with Gasteiger partial charge < -0.3 is 5.11 Å². The van der Waals surface area contributed by atoms with Gasteiger partial charge in [0, 0.05) is 19.2 Å². The zero-order valence-corrected chi connectivity index (χ0v) is 13.5. The summed E-state index contributed by atoms with van der Waals surface area (Å²) in [7, 11) is 2.00. The molecule has 1 aromatic heterocycles. The van der Waals surface area contributed by atoms with Gasteiger partial charge in [0.2, 0.25) is 0 Å². The van der Waals surface area contributed by atoms with E-state index in [1.54, 1.807) is 0 Å². The Bertz CT molecular complexity index is 526. The summed E-state index contributed by atoms with van der Waals surface area (Å²) in [5, 5.41) is 16.1. The molecule has 1 heterocycles. The smallest absolute Gasteiger partial charge is 0.0809 e. The van der Waals surface area contributed by atoms with Crippen molar-refractivity contribution < 1.29 is 5.11 Å². The first kappa shape index (κ1) is 14.1. The molecule has 0 radical (unpaired) electrons. The van der Waals surface area contributed by atoms with Gasteiger partial charge in [-0.25, -0.2) is 0 Å². The number of aliphatic hydroxyl groups is 1. The fourth-order valence-corrected chi connectivity index (χ4v) is 4.96. The van der Waals surface area contributed by atoms with Gasteiger partial charge in [-0.1, -0.05) is 27.7 Å². The van der Waals surface area contributed by atoms with E-state index in [1.165, 1.54) is 18.5 Å². The van der Waals surface area contributed by atoms with E-state index < -0.39 is 5.60 Å². The van der Waals surface area contributed by atoms with Gasteiger partial charge >= 0.3 is 0 Å². The first-order valence-electron chi connectivity index (χ1n) is 7.98. The summed E-state index contributed by atoms with van der Waals surface area (Å²) in [5.74, 6) is 0.663. The van der Waals surface area contributed by atoms with Gasteiger partial charge in [0.1, 0.15) is 0 Å². The Labute approximate surface area is 122 Å². The van der Waals surface area contributed by atoms with Crippen LogP contribution in [-0.4, -0.2) is 20.5 Å². The standard InChI is InChI=1S/C17H28N2O/c1-6-13-9-14(19(5)18-13)11-17(20)15(2,3)12-7-8-16(17,4)10-12/h9,12,20H,6-8,10-11H2,1-5H3. The molecule has 0 amide bonds. The van der Waals surface area contributed by atoms with Crippen molar-refractivity contribution in [1.82, 2.24) is 9.78 Å². The number of fused-ring (bicyclic) bond motifs is 2. The van der Waals surface area contributed by atoms with Gasteiger partial charge in [-0.05, 0) is 48.5 Å². The second-order valence-electron chi connectivity index (χ2n) is 7.86. The average Bonchev–Trinajstić information content (AvgIpc) is 2.97. The molecule has 2 aliphatic carbocycles. The van der Waals surface area contributed by atoms with Crippen LogP contribution in [0.25, 0.3) is 0 Å². The van der Waals surface area contributed by atoms with Crippen molar-refractivity contribution in [1.29, 1.82) is 0 Å². The minimum absolute atomic E-state index is 0.00333. The number of nitrogens with zero attached hydrogens (tertiary/aromatic N) is 2. The first-order chi connectivity index (χ1) is 9.23. The zero-order valence-electron chi connectivity index (χ0n) is 13.5. The Morgan fingerprint density at radius 3 is 2.60 bits per heavy atom. The highest BCUT2D eigenvalue weighted by Crippen LogP contribution is 2.68. The molecule has 0 aromatic carbocycles. The van der Waals surface area contributed by atoms with E-state index in [9.17, 15) is 5.11 Å². The van der Waals surface area contributed by atoms with Gasteiger partial charge in [0.25, 0.3) is 0 Å². The average molecular weight is 276 g/mol. The van der Waals surface area contributed by atoms with Crippen molar-refractivity contribution >= 4 is 0 Å². The molecule has 3 rings (SSSR count). The number of aryl methyl sites for hydroxylation is 2. The third kappa shape index (κ3) is 1.59. The predicted octanol–water partition coefficient (Wildman–Crippen LogP) is 3.10. The lowest BCUT2D eigenvalue weighted by atomic mass is 9.59. The fraction of sp³-hybridized carbons (Fsp3) is 0.824. The monoisotopic (exact) mass is 276 g/mol. The maximum Gasteiger partial charge on any atom is 0.0809 e. The second-order valence-corrected chi connectivity index (χ2v) is 7.86. The molecule has 2 fully saturated rings. The van der Waals surface area contributed by atoms with Crippen molar-refractivity contribution in [2.24, 2.45) is 23.8 Å². The summed E-state index contributed by atoms with van der Waals surface area (Å²) in [6.45, 7) is 8.95. The van der Waals surface area contributed by atoms with Gasteiger partial charge in [-0.3, -0.25) is 4.68 Å². The van der Waals surface area contributed by atoms with Gasteiger partial charge in [0.15, 0.2) is 0 Å². The molecule has 1 N–H and O–H groups in total. The first-order valence-corrected chi connectivity index (χ1v) is 7.98. The molecule has 3 heteroatoms. The molecule has 20 heavy (non-hydrogen) atoms. The summed E-state index contributed by atoms with van der Waals surface area (Å²) in [6, 6.07) is 2.17. The summed E-state index contributed by atoms with van der Waals surface area (Å²) in [6.07, 6.45) is 5.30. The number of hydrogen-bond donors (Lipinski definition) is 1.